The zero-order valence-electron chi connectivity index (χ0n) is 18.3. The fourth-order valence-electron chi connectivity index (χ4n) is 3.80. The summed E-state index contributed by atoms with van der Waals surface area (Å²) >= 11 is 1.41. The Morgan fingerprint density at radius 2 is 1.76 bits per heavy atom. The molecule has 1 aromatic heterocycles. The third-order valence-electron chi connectivity index (χ3n) is 5.58. The number of aryl methyl sites for hydroxylation is 1. The Bertz CT molecular complexity index is 1100. The van der Waals surface area contributed by atoms with E-state index in [0.717, 1.165) is 22.9 Å². The van der Waals surface area contributed by atoms with Crippen molar-refractivity contribution in [1.82, 2.24) is 9.80 Å². The van der Waals surface area contributed by atoms with Gasteiger partial charge in [-0.15, -0.1) is 11.3 Å². The van der Waals surface area contributed by atoms with Crippen LogP contribution in [0.3, 0.4) is 0 Å². The van der Waals surface area contributed by atoms with Crippen LogP contribution in [0.25, 0.3) is 0 Å². The van der Waals surface area contributed by atoms with Crippen molar-refractivity contribution >= 4 is 17.2 Å². The summed E-state index contributed by atoms with van der Waals surface area (Å²) in [5, 5.41) is 1.94. The number of rotatable bonds is 6. The first-order valence-corrected chi connectivity index (χ1v) is 11.6. The summed E-state index contributed by atoms with van der Waals surface area (Å²) < 4.78 is 44.6. The lowest BCUT2D eigenvalue weighted by Gasteiger charge is -2.34. The quantitative estimate of drug-likeness (QED) is 0.465. The number of thiophene rings is 1. The maximum Gasteiger partial charge on any atom is 0.416 e. The number of piperazine rings is 1. The second-order valence-corrected chi connectivity index (χ2v) is 9.10. The lowest BCUT2D eigenvalue weighted by molar-refractivity contribution is -0.137. The van der Waals surface area contributed by atoms with Crippen LogP contribution in [0.1, 0.15) is 31.9 Å². The van der Waals surface area contributed by atoms with Crippen LogP contribution in [0.5, 0.6) is 5.75 Å². The fraction of sp³-hybridized carbons (Fsp3) is 0.320. The average molecular weight is 475 g/mol. The van der Waals surface area contributed by atoms with Crippen molar-refractivity contribution < 1.29 is 22.7 Å². The average Bonchev–Trinajstić information content (AvgIpc) is 3.27. The van der Waals surface area contributed by atoms with Gasteiger partial charge in [0.2, 0.25) is 0 Å². The van der Waals surface area contributed by atoms with Gasteiger partial charge in [0, 0.05) is 38.3 Å². The smallest absolute Gasteiger partial charge is 0.416 e. The van der Waals surface area contributed by atoms with E-state index in [0.29, 0.717) is 49.8 Å². The van der Waals surface area contributed by atoms with E-state index >= 15 is 0 Å². The molecule has 4 rings (SSSR count). The summed E-state index contributed by atoms with van der Waals surface area (Å²) in [4.78, 5) is 17.5. The molecule has 1 amide bonds. The monoisotopic (exact) mass is 474 g/mol. The van der Waals surface area contributed by atoms with Gasteiger partial charge in [-0.3, -0.25) is 9.69 Å². The van der Waals surface area contributed by atoms with E-state index in [1.165, 1.54) is 23.5 Å². The number of hydrogen-bond donors (Lipinski definition) is 0. The molecule has 1 saturated heterocycles. The Balaban J connectivity index is 1.28. The maximum atomic E-state index is 12.9. The number of benzene rings is 2. The number of carbonyl (C=O) groups excluding carboxylic acids is 1. The highest BCUT2D eigenvalue weighted by Gasteiger charge is 2.30. The van der Waals surface area contributed by atoms with Gasteiger partial charge in [0.05, 0.1) is 10.4 Å². The first-order valence-electron chi connectivity index (χ1n) is 10.7. The molecule has 2 aromatic carbocycles. The number of halogens is 3. The molecule has 174 valence electrons. The minimum Gasteiger partial charge on any atom is -0.489 e. The van der Waals surface area contributed by atoms with Gasteiger partial charge >= 0.3 is 6.18 Å². The molecule has 0 aliphatic carbocycles. The Hall–Kier alpha value is -2.84. The molecule has 0 saturated carbocycles. The van der Waals surface area contributed by atoms with Crippen LogP contribution in [-0.4, -0.2) is 41.9 Å². The van der Waals surface area contributed by atoms with Crippen LogP contribution in [0.15, 0.2) is 60.0 Å². The Morgan fingerprint density at radius 3 is 2.48 bits per heavy atom. The van der Waals surface area contributed by atoms with Crippen molar-refractivity contribution in [3.8, 4) is 5.75 Å². The van der Waals surface area contributed by atoms with Crippen molar-refractivity contribution in [1.29, 1.82) is 0 Å². The lowest BCUT2D eigenvalue weighted by atomic mass is 10.1. The number of alkyl halides is 3. The molecule has 2 heterocycles. The van der Waals surface area contributed by atoms with Crippen molar-refractivity contribution in [3.05, 3.63) is 87.1 Å². The van der Waals surface area contributed by atoms with Gasteiger partial charge in [0.25, 0.3) is 5.91 Å². The molecule has 0 radical (unpaired) electrons. The molecule has 1 fully saturated rings. The topological polar surface area (TPSA) is 32.8 Å². The molecule has 0 bridgehead atoms. The van der Waals surface area contributed by atoms with Crippen LogP contribution >= 0.6 is 11.3 Å². The van der Waals surface area contributed by atoms with Crippen molar-refractivity contribution in [2.75, 3.05) is 26.2 Å². The highest BCUT2D eigenvalue weighted by molar-refractivity contribution is 7.12. The number of amides is 1. The van der Waals surface area contributed by atoms with Gasteiger partial charge < -0.3 is 9.64 Å². The molecule has 1 aliphatic rings. The predicted molar refractivity (Wildman–Crippen MR) is 122 cm³/mol. The zero-order chi connectivity index (χ0) is 23.4. The first-order chi connectivity index (χ1) is 15.8. The normalized spacial score (nSPS) is 15.0. The lowest BCUT2D eigenvalue weighted by Crippen LogP contribution is -2.48. The van der Waals surface area contributed by atoms with Crippen LogP contribution in [0.2, 0.25) is 0 Å². The van der Waals surface area contributed by atoms with E-state index in [2.05, 4.69) is 4.90 Å². The number of carbonyl (C=O) groups is 1. The van der Waals surface area contributed by atoms with Gasteiger partial charge in [-0.2, -0.15) is 13.2 Å². The molecular formula is C25H25F3N2O2S. The molecule has 1 aliphatic heterocycles. The van der Waals surface area contributed by atoms with Gasteiger partial charge in [-0.1, -0.05) is 30.3 Å². The summed E-state index contributed by atoms with van der Waals surface area (Å²) in [6, 6.07) is 15.1. The van der Waals surface area contributed by atoms with Crippen LogP contribution in [-0.2, 0) is 19.3 Å². The van der Waals surface area contributed by atoms with Crippen molar-refractivity contribution in [3.63, 3.8) is 0 Å². The SMILES string of the molecule is Cc1cccc(OCc2csc(C(=O)N3CCN(Cc4cccc(C(F)(F)F)c4)CC3)c2)c1. The number of ether oxygens (including phenoxy) is 1. The highest BCUT2D eigenvalue weighted by Crippen LogP contribution is 2.30. The minimum atomic E-state index is -4.34. The maximum absolute atomic E-state index is 12.9. The van der Waals surface area contributed by atoms with Gasteiger partial charge in [-0.25, -0.2) is 0 Å². The second-order valence-electron chi connectivity index (χ2n) is 8.19. The van der Waals surface area contributed by atoms with E-state index in [1.54, 1.807) is 11.0 Å². The Morgan fingerprint density at radius 1 is 1.00 bits per heavy atom. The number of hydrogen-bond acceptors (Lipinski definition) is 4. The third-order valence-corrected chi connectivity index (χ3v) is 6.55. The molecule has 0 unspecified atom stereocenters. The van der Waals surface area contributed by atoms with Crippen LogP contribution < -0.4 is 4.74 Å². The number of nitrogens with zero attached hydrogens (tertiary/aromatic N) is 2. The zero-order valence-corrected chi connectivity index (χ0v) is 19.1. The molecule has 3 aromatic rings. The van der Waals surface area contributed by atoms with Gasteiger partial charge in [0.1, 0.15) is 12.4 Å². The molecule has 0 spiro atoms. The summed E-state index contributed by atoms with van der Waals surface area (Å²) in [5.41, 5.74) is 2.07. The Labute approximate surface area is 195 Å². The standard InChI is InChI=1S/C25H25F3N2O2S/c1-18-4-2-7-22(12-18)32-16-20-14-23(33-17-20)24(31)30-10-8-29(9-11-30)15-19-5-3-6-21(13-19)25(26,27)28/h2-7,12-14,17H,8-11,15-16H2,1H3. The second kappa shape index (κ2) is 9.97. The van der Waals surface area contributed by atoms with E-state index in [4.69, 9.17) is 4.74 Å². The highest BCUT2D eigenvalue weighted by atomic mass is 32.1. The molecular weight excluding hydrogens is 449 g/mol. The minimum absolute atomic E-state index is 0.0134. The molecule has 0 atom stereocenters. The van der Waals surface area contributed by atoms with E-state index in [9.17, 15) is 18.0 Å². The van der Waals surface area contributed by atoms with Gasteiger partial charge in [0.15, 0.2) is 0 Å². The Kier molecular flexibility index (Phi) is 7.05. The van der Waals surface area contributed by atoms with Gasteiger partial charge in [-0.05, 0) is 47.7 Å². The molecule has 4 nitrogen and oxygen atoms in total. The summed E-state index contributed by atoms with van der Waals surface area (Å²) in [6.07, 6.45) is -4.34. The summed E-state index contributed by atoms with van der Waals surface area (Å²) in [7, 11) is 0. The third kappa shape index (κ3) is 6.15. The molecule has 8 heteroatoms. The molecule has 0 N–H and O–H groups in total. The van der Waals surface area contributed by atoms with E-state index in [1.807, 2.05) is 42.6 Å². The molecule has 33 heavy (non-hydrogen) atoms. The summed E-state index contributed by atoms with van der Waals surface area (Å²) in [5.74, 6) is 0.784. The first kappa shape index (κ1) is 23.3. The van der Waals surface area contributed by atoms with Crippen molar-refractivity contribution in [2.24, 2.45) is 0 Å². The van der Waals surface area contributed by atoms with E-state index in [-0.39, 0.29) is 5.91 Å². The van der Waals surface area contributed by atoms with Crippen LogP contribution in [0.4, 0.5) is 13.2 Å². The largest absolute Gasteiger partial charge is 0.489 e. The van der Waals surface area contributed by atoms with E-state index < -0.39 is 11.7 Å². The van der Waals surface area contributed by atoms with Crippen LogP contribution in [0, 0.1) is 6.92 Å². The predicted octanol–water partition coefficient (Wildman–Crippen LogP) is 5.61. The van der Waals surface area contributed by atoms with Crippen molar-refractivity contribution in [2.45, 2.75) is 26.3 Å². The fourth-order valence-corrected chi connectivity index (χ4v) is 4.67. The summed E-state index contributed by atoms with van der Waals surface area (Å²) in [6.45, 7) is 5.18.